The molecule has 2 N–H and O–H groups in total. The van der Waals surface area contributed by atoms with E-state index in [1.165, 1.54) is 18.7 Å². The normalized spacial score (nSPS) is 11.0. The Morgan fingerprint density at radius 2 is 1.80 bits per heavy atom. The summed E-state index contributed by atoms with van der Waals surface area (Å²) in [6, 6.07) is 12.8. The van der Waals surface area contributed by atoms with Crippen molar-refractivity contribution in [2.24, 2.45) is 0 Å². The van der Waals surface area contributed by atoms with E-state index in [2.05, 4.69) is 10.0 Å². The van der Waals surface area contributed by atoms with Crippen molar-refractivity contribution in [1.29, 1.82) is 0 Å². The van der Waals surface area contributed by atoms with Crippen molar-refractivity contribution >= 4 is 27.3 Å². The van der Waals surface area contributed by atoms with E-state index >= 15 is 0 Å². The number of anilines is 2. The predicted molar refractivity (Wildman–Crippen MR) is 99.6 cm³/mol. The van der Waals surface area contributed by atoms with Gasteiger partial charge in [0.15, 0.2) is 0 Å². The van der Waals surface area contributed by atoms with Gasteiger partial charge in [0.25, 0.3) is 0 Å². The molecule has 0 fully saturated rings. The minimum atomic E-state index is -3.45. The van der Waals surface area contributed by atoms with Gasteiger partial charge < -0.3 is 10.1 Å². The smallest absolute Gasteiger partial charge is 0.229 e. The van der Waals surface area contributed by atoms with Crippen LogP contribution in [0.1, 0.15) is 17.5 Å². The fraction of sp³-hybridized carbons (Fsp3) is 0.278. The van der Waals surface area contributed by atoms with Crippen molar-refractivity contribution in [1.82, 2.24) is 0 Å². The van der Waals surface area contributed by atoms with Crippen LogP contribution in [0, 0.1) is 6.92 Å². The Morgan fingerprint density at radius 1 is 1.12 bits per heavy atom. The number of hydrogen-bond acceptors (Lipinski definition) is 4. The lowest BCUT2D eigenvalue weighted by atomic mass is 10.1. The van der Waals surface area contributed by atoms with E-state index in [1.54, 1.807) is 12.1 Å². The van der Waals surface area contributed by atoms with Crippen molar-refractivity contribution in [3.8, 4) is 5.75 Å². The quantitative estimate of drug-likeness (QED) is 0.793. The van der Waals surface area contributed by atoms with Crippen molar-refractivity contribution in [2.45, 2.75) is 19.8 Å². The molecule has 0 atom stereocenters. The molecule has 6 nitrogen and oxygen atoms in total. The summed E-state index contributed by atoms with van der Waals surface area (Å²) in [5.74, 6) is 0.235. The molecule has 0 unspecified atom stereocenters. The minimum absolute atomic E-state index is 0.143. The van der Waals surface area contributed by atoms with Gasteiger partial charge >= 0.3 is 0 Å². The Morgan fingerprint density at radius 3 is 2.40 bits per heavy atom. The molecule has 2 rings (SSSR count). The number of sulfonamides is 1. The van der Waals surface area contributed by atoms with Crippen LogP contribution in [0.4, 0.5) is 11.4 Å². The van der Waals surface area contributed by atoms with Gasteiger partial charge in [-0.1, -0.05) is 29.8 Å². The standard InChI is InChI=1S/C18H22N2O4S/c1-13-4-6-14(7-5-13)8-11-18(21)19-15-9-10-17(24-2)16(12-15)20-25(3,22)23/h4-7,9-10,12,20H,8,11H2,1-3H3,(H,19,21). The van der Waals surface area contributed by atoms with Gasteiger partial charge in [-0.2, -0.15) is 0 Å². The van der Waals surface area contributed by atoms with Gasteiger partial charge in [-0.15, -0.1) is 0 Å². The lowest BCUT2D eigenvalue weighted by Gasteiger charge is -2.12. The van der Waals surface area contributed by atoms with Crippen LogP contribution in [-0.2, 0) is 21.2 Å². The van der Waals surface area contributed by atoms with Crippen LogP contribution in [0.2, 0.25) is 0 Å². The number of benzene rings is 2. The van der Waals surface area contributed by atoms with Crippen LogP contribution in [0.25, 0.3) is 0 Å². The minimum Gasteiger partial charge on any atom is -0.495 e. The Labute approximate surface area is 148 Å². The van der Waals surface area contributed by atoms with E-state index in [9.17, 15) is 13.2 Å². The molecule has 0 aliphatic carbocycles. The van der Waals surface area contributed by atoms with Gasteiger partial charge in [-0.05, 0) is 37.1 Å². The summed E-state index contributed by atoms with van der Waals surface area (Å²) in [4.78, 5) is 12.1. The van der Waals surface area contributed by atoms with Crippen molar-refractivity contribution < 1.29 is 17.9 Å². The van der Waals surface area contributed by atoms with Gasteiger partial charge in [-0.25, -0.2) is 8.42 Å². The molecule has 0 radical (unpaired) electrons. The maximum atomic E-state index is 12.1. The highest BCUT2D eigenvalue weighted by atomic mass is 32.2. The summed E-state index contributed by atoms with van der Waals surface area (Å²) < 4.78 is 30.4. The summed E-state index contributed by atoms with van der Waals surface area (Å²) in [5, 5.41) is 2.77. The molecule has 25 heavy (non-hydrogen) atoms. The first-order chi connectivity index (χ1) is 11.8. The van der Waals surface area contributed by atoms with Gasteiger partial charge in [-0.3, -0.25) is 9.52 Å². The van der Waals surface area contributed by atoms with E-state index in [-0.39, 0.29) is 11.6 Å². The Bertz CT molecular complexity index is 846. The fourth-order valence-electron chi connectivity index (χ4n) is 2.30. The number of hydrogen-bond donors (Lipinski definition) is 2. The molecule has 7 heteroatoms. The van der Waals surface area contributed by atoms with Gasteiger partial charge in [0, 0.05) is 12.1 Å². The van der Waals surface area contributed by atoms with E-state index in [0.717, 1.165) is 11.8 Å². The van der Waals surface area contributed by atoms with Gasteiger partial charge in [0.1, 0.15) is 5.75 Å². The average Bonchev–Trinajstić information content (AvgIpc) is 2.53. The number of nitrogens with one attached hydrogen (secondary N) is 2. The second kappa shape index (κ2) is 8.02. The van der Waals surface area contributed by atoms with E-state index in [4.69, 9.17) is 4.74 Å². The van der Waals surface area contributed by atoms with E-state index in [1.807, 2.05) is 31.2 Å². The molecule has 0 aliphatic rings. The summed E-state index contributed by atoms with van der Waals surface area (Å²) in [6.45, 7) is 2.02. The lowest BCUT2D eigenvalue weighted by Crippen LogP contribution is -2.14. The first kappa shape index (κ1) is 18.8. The van der Waals surface area contributed by atoms with Gasteiger partial charge in [0.2, 0.25) is 15.9 Å². The molecule has 1 amide bonds. The molecule has 2 aromatic rings. The number of carbonyl (C=O) groups excluding carboxylic acids is 1. The SMILES string of the molecule is COc1ccc(NC(=O)CCc2ccc(C)cc2)cc1NS(C)(=O)=O. The monoisotopic (exact) mass is 362 g/mol. The molecule has 0 spiro atoms. The number of aryl methyl sites for hydroxylation is 2. The molecule has 0 heterocycles. The molecular weight excluding hydrogens is 340 g/mol. The second-order valence-electron chi connectivity index (χ2n) is 5.82. The van der Waals surface area contributed by atoms with Crippen molar-refractivity contribution in [2.75, 3.05) is 23.4 Å². The summed E-state index contributed by atoms with van der Waals surface area (Å²) in [7, 11) is -2.00. The predicted octanol–water partition coefficient (Wildman–Crippen LogP) is 2.95. The third kappa shape index (κ3) is 6.11. The first-order valence-electron chi connectivity index (χ1n) is 7.78. The largest absolute Gasteiger partial charge is 0.495 e. The van der Waals surface area contributed by atoms with Crippen LogP contribution in [0.3, 0.4) is 0 Å². The summed E-state index contributed by atoms with van der Waals surface area (Å²) in [6.07, 6.45) is 2.03. The van der Waals surface area contributed by atoms with Crippen LogP contribution in [-0.4, -0.2) is 27.7 Å². The fourth-order valence-corrected chi connectivity index (χ4v) is 2.86. The number of amides is 1. The number of ether oxygens (including phenoxy) is 1. The highest BCUT2D eigenvalue weighted by Crippen LogP contribution is 2.28. The third-order valence-corrected chi connectivity index (χ3v) is 4.13. The van der Waals surface area contributed by atoms with Crippen LogP contribution in [0.15, 0.2) is 42.5 Å². The molecular formula is C18H22N2O4S. The number of carbonyl (C=O) groups is 1. The molecule has 0 bridgehead atoms. The Kier molecular flexibility index (Phi) is 6.03. The Balaban J connectivity index is 2.02. The van der Waals surface area contributed by atoms with Crippen molar-refractivity contribution in [3.63, 3.8) is 0 Å². The summed E-state index contributed by atoms with van der Waals surface area (Å²) in [5.41, 5.74) is 3.05. The molecule has 0 saturated carbocycles. The maximum Gasteiger partial charge on any atom is 0.229 e. The molecule has 0 aromatic heterocycles. The van der Waals surface area contributed by atoms with Crippen LogP contribution < -0.4 is 14.8 Å². The molecule has 2 aromatic carbocycles. The zero-order valence-corrected chi connectivity index (χ0v) is 15.3. The highest BCUT2D eigenvalue weighted by Gasteiger charge is 2.11. The molecule has 134 valence electrons. The Hall–Kier alpha value is -2.54. The lowest BCUT2D eigenvalue weighted by molar-refractivity contribution is -0.116. The van der Waals surface area contributed by atoms with E-state index < -0.39 is 10.0 Å². The molecule has 0 aliphatic heterocycles. The van der Waals surface area contributed by atoms with Gasteiger partial charge in [0.05, 0.1) is 19.1 Å². The topological polar surface area (TPSA) is 84.5 Å². The second-order valence-corrected chi connectivity index (χ2v) is 7.57. The third-order valence-electron chi connectivity index (χ3n) is 3.54. The first-order valence-corrected chi connectivity index (χ1v) is 9.67. The zero-order chi connectivity index (χ0) is 18.4. The maximum absolute atomic E-state index is 12.1. The molecule has 0 saturated heterocycles. The average molecular weight is 362 g/mol. The summed E-state index contributed by atoms with van der Waals surface area (Å²) >= 11 is 0. The number of methoxy groups -OCH3 is 1. The highest BCUT2D eigenvalue weighted by molar-refractivity contribution is 7.92. The number of rotatable bonds is 7. The van der Waals surface area contributed by atoms with Crippen molar-refractivity contribution in [3.05, 3.63) is 53.6 Å². The zero-order valence-electron chi connectivity index (χ0n) is 14.5. The van der Waals surface area contributed by atoms with Crippen LogP contribution in [0.5, 0.6) is 5.75 Å². The van der Waals surface area contributed by atoms with Crippen LogP contribution >= 0.6 is 0 Å². The van der Waals surface area contributed by atoms with E-state index in [0.29, 0.717) is 24.3 Å².